The van der Waals surface area contributed by atoms with Gasteiger partial charge in [0.15, 0.2) is 0 Å². The summed E-state index contributed by atoms with van der Waals surface area (Å²) in [5.74, 6) is -9.58. The number of ether oxygens (including phenoxy) is 2. The van der Waals surface area contributed by atoms with Crippen molar-refractivity contribution in [3.8, 4) is 0 Å². The highest BCUT2D eigenvalue weighted by atomic mass is 16.6. The number of aliphatic carboxylic acids is 2. The molecule has 0 spiro atoms. The van der Waals surface area contributed by atoms with Crippen molar-refractivity contribution in [2.45, 2.75) is 5.60 Å². The molecule has 1 atom stereocenters. The van der Waals surface area contributed by atoms with E-state index in [0.29, 0.717) is 0 Å². The van der Waals surface area contributed by atoms with Gasteiger partial charge in [-0.1, -0.05) is 30.3 Å². The highest BCUT2D eigenvalue weighted by molar-refractivity contribution is 6.41. The van der Waals surface area contributed by atoms with Crippen LogP contribution in [0.5, 0.6) is 0 Å². The predicted octanol–water partition coefficient (Wildman–Crippen LogP) is -0.664. The fourth-order valence-corrected chi connectivity index (χ4v) is 1.66. The Labute approximate surface area is 123 Å². The number of methoxy groups -OCH3 is 1. The average molecular weight is 310 g/mol. The van der Waals surface area contributed by atoms with Crippen molar-refractivity contribution in [2.75, 3.05) is 7.11 Å². The van der Waals surface area contributed by atoms with Gasteiger partial charge in [-0.3, -0.25) is 4.79 Å². The van der Waals surface area contributed by atoms with Crippen LogP contribution in [0.2, 0.25) is 0 Å². The van der Waals surface area contributed by atoms with Crippen molar-refractivity contribution in [2.24, 2.45) is 0 Å². The number of carbonyl (C=O) groups excluding carboxylic acids is 3. The zero-order chi connectivity index (χ0) is 16.9. The lowest BCUT2D eigenvalue weighted by molar-refractivity contribution is -0.187. The molecule has 0 aliphatic carbocycles. The molecule has 22 heavy (non-hydrogen) atoms. The zero-order valence-corrected chi connectivity index (χ0v) is 11.1. The highest BCUT2D eigenvalue weighted by Crippen LogP contribution is 2.28. The number of carboxylic acid groups (broad SMARTS) is 2. The minimum Gasteiger partial charge on any atom is -0.475 e. The van der Waals surface area contributed by atoms with Crippen molar-refractivity contribution in [3.05, 3.63) is 35.9 Å². The van der Waals surface area contributed by atoms with E-state index >= 15 is 0 Å². The van der Waals surface area contributed by atoms with Crippen molar-refractivity contribution in [3.63, 3.8) is 0 Å². The van der Waals surface area contributed by atoms with E-state index in [1.165, 1.54) is 30.3 Å². The number of carbonyl (C=O) groups is 5. The van der Waals surface area contributed by atoms with Gasteiger partial charge in [0.05, 0.1) is 0 Å². The highest BCUT2D eigenvalue weighted by Gasteiger charge is 2.54. The zero-order valence-electron chi connectivity index (χ0n) is 11.1. The molecule has 9 nitrogen and oxygen atoms in total. The second-order valence-electron chi connectivity index (χ2n) is 3.87. The summed E-state index contributed by atoms with van der Waals surface area (Å²) in [5.41, 5.74) is -3.02. The quantitative estimate of drug-likeness (QED) is 0.411. The predicted molar refractivity (Wildman–Crippen MR) is 66.5 cm³/mol. The molecule has 0 fully saturated rings. The lowest BCUT2D eigenvalue weighted by atomic mass is 9.89. The monoisotopic (exact) mass is 310 g/mol. The first-order valence-corrected chi connectivity index (χ1v) is 5.65. The standard InChI is InChI=1S/C13H10O9/c1-21-13(8(14)9(15)16,7-5-3-2-4-6-7)12(20)22-11(19)10(17)18/h2-6H,1H3,(H,15,16)(H,17,18). The number of ketones is 1. The number of rotatable bonds is 5. The third kappa shape index (κ3) is 2.99. The molecule has 0 saturated heterocycles. The van der Waals surface area contributed by atoms with Crippen LogP contribution in [0.25, 0.3) is 0 Å². The molecule has 0 aromatic heterocycles. The summed E-state index contributed by atoms with van der Waals surface area (Å²) in [7, 11) is 0.848. The van der Waals surface area contributed by atoms with E-state index in [1.807, 2.05) is 0 Å². The van der Waals surface area contributed by atoms with Gasteiger partial charge < -0.3 is 19.7 Å². The summed E-state index contributed by atoms with van der Waals surface area (Å²) in [6.45, 7) is 0. The SMILES string of the molecule is COC(C(=O)OC(=O)C(=O)O)(C(=O)C(=O)O)c1ccccc1. The third-order valence-corrected chi connectivity index (χ3v) is 2.65. The first kappa shape index (κ1) is 17.0. The van der Waals surface area contributed by atoms with E-state index in [-0.39, 0.29) is 5.56 Å². The number of carboxylic acids is 2. The Morgan fingerprint density at radius 2 is 1.50 bits per heavy atom. The van der Waals surface area contributed by atoms with Crippen LogP contribution in [-0.4, -0.2) is 47.0 Å². The van der Waals surface area contributed by atoms with Gasteiger partial charge in [0.1, 0.15) is 0 Å². The molecular formula is C13H10O9. The van der Waals surface area contributed by atoms with Crippen LogP contribution in [0.3, 0.4) is 0 Å². The van der Waals surface area contributed by atoms with Gasteiger partial charge in [0.2, 0.25) is 0 Å². The smallest absolute Gasteiger partial charge is 0.425 e. The normalized spacial score (nSPS) is 12.8. The van der Waals surface area contributed by atoms with E-state index in [0.717, 1.165) is 7.11 Å². The topological polar surface area (TPSA) is 144 Å². The van der Waals surface area contributed by atoms with Crippen LogP contribution < -0.4 is 0 Å². The lowest BCUT2D eigenvalue weighted by Gasteiger charge is -2.26. The summed E-state index contributed by atoms with van der Waals surface area (Å²) in [4.78, 5) is 56.3. The molecule has 9 heteroatoms. The summed E-state index contributed by atoms with van der Waals surface area (Å²) >= 11 is 0. The molecule has 1 rings (SSSR count). The number of benzene rings is 1. The molecule has 0 radical (unpaired) electrons. The molecule has 0 bridgehead atoms. The first-order valence-electron chi connectivity index (χ1n) is 5.65. The van der Waals surface area contributed by atoms with Gasteiger partial charge >= 0.3 is 23.9 Å². The first-order chi connectivity index (χ1) is 10.3. The number of hydrogen-bond acceptors (Lipinski definition) is 7. The Morgan fingerprint density at radius 1 is 0.955 bits per heavy atom. The van der Waals surface area contributed by atoms with Gasteiger partial charge in [-0.15, -0.1) is 0 Å². The molecule has 0 amide bonds. The summed E-state index contributed by atoms with van der Waals surface area (Å²) in [6, 6.07) is 6.66. The summed E-state index contributed by atoms with van der Waals surface area (Å²) in [5, 5.41) is 17.3. The molecule has 2 N–H and O–H groups in total. The minimum atomic E-state index is -2.79. The van der Waals surface area contributed by atoms with Gasteiger partial charge in [0, 0.05) is 12.7 Å². The Balaban J connectivity index is 3.42. The Morgan fingerprint density at radius 3 is 1.91 bits per heavy atom. The van der Waals surface area contributed by atoms with E-state index in [2.05, 4.69) is 4.74 Å². The van der Waals surface area contributed by atoms with Crippen LogP contribution in [0.15, 0.2) is 30.3 Å². The van der Waals surface area contributed by atoms with Gasteiger partial charge in [-0.2, -0.15) is 0 Å². The molecule has 0 aliphatic heterocycles. The van der Waals surface area contributed by atoms with Gasteiger partial charge in [0.25, 0.3) is 11.4 Å². The molecule has 0 aliphatic rings. The fourth-order valence-electron chi connectivity index (χ4n) is 1.66. The number of esters is 2. The molecule has 116 valence electrons. The van der Waals surface area contributed by atoms with E-state index in [4.69, 9.17) is 14.9 Å². The maximum atomic E-state index is 12.0. The molecule has 0 saturated carbocycles. The van der Waals surface area contributed by atoms with E-state index in [9.17, 15) is 24.0 Å². The van der Waals surface area contributed by atoms with Crippen molar-refractivity contribution < 1.29 is 43.7 Å². The maximum absolute atomic E-state index is 12.0. The molecule has 1 unspecified atom stereocenters. The largest absolute Gasteiger partial charge is 0.475 e. The van der Waals surface area contributed by atoms with Crippen LogP contribution in [0.1, 0.15) is 5.56 Å². The summed E-state index contributed by atoms with van der Waals surface area (Å²) in [6.07, 6.45) is 0. The van der Waals surface area contributed by atoms with Crippen LogP contribution in [0.4, 0.5) is 0 Å². The Kier molecular flexibility index (Phi) is 5.09. The average Bonchev–Trinajstić information content (AvgIpc) is 2.49. The third-order valence-electron chi connectivity index (χ3n) is 2.65. The van der Waals surface area contributed by atoms with Crippen molar-refractivity contribution >= 4 is 29.7 Å². The Hall–Kier alpha value is -3.07. The second-order valence-corrected chi connectivity index (χ2v) is 3.87. The van der Waals surface area contributed by atoms with E-state index < -0.39 is 35.3 Å². The lowest BCUT2D eigenvalue weighted by Crippen LogP contribution is -2.50. The molecule has 1 aromatic rings. The van der Waals surface area contributed by atoms with Crippen LogP contribution in [0, 0.1) is 0 Å². The number of Topliss-reactive ketones (excluding diaryl/α,β-unsaturated/α-hetero) is 1. The molecule has 0 heterocycles. The molecular weight excluding hydrogens is 300 g/mol. The number of hydrogen-bond donors (Lipinski definition) is 2. The fraction of sp³-hybridized carbons (Fsp3) is 0.154. The minimum absolute atomic E-state index is 0.229. The van der Waals surface area contributed by atoms with Crippen LogP contribution >= 0.6 is 0 Å². The van der Waals surface area contributed by atoms with Gasteiger partial charge in [-0.05, 0) is 0 Å². The molecule has 1 aromatic carbocycles. The van der Waals surface area contributed by atoms with Crippen molar-refractivity contribution in [1.82, 2.24) is 0 Å². The second kappa shape index (κ2) is 6.59. The van der Waals surface area contributed by atoms with Crippen molar-refractivity contribution in [1.29, 1.82) is 0 Å². The summed E-state index contributed by atoms with van der Waals surface area (Å²) < 4.78 is 8.75. The van der Waals surface area contributed by atoms with Gasteiger partial charge in [-0.25, -0.2) is 19.2 Å². The Bertz CT molecular complexity index is 634. The van der Waals surface area contributed by atoms with Crippen LogP contribution in [-0.2, 0) is 39.0 Å². The van der Waals surface area contributed by atoms with E-state index in [1.54, 1.807) is 0 Å². The maximum Gasteiger partial charge on any atom is 0.425 e.